The fourth-order valence-corrected chi connectivity index (χ4v) is 2.56. The number of carbonyl (C=O) groups excluding carboxylic acids is 1. The number of fused-ring (bicyclic) bond motifs is 1. The van der Waals surface area contributed by atoms with Crippen molar-refractivity contribution in [3.8, 4) is 0 Å². The molecule has 2 N–H and O–H groups in total. The van der Waals surface area contributed by atoms with Gasteiger partial charge in [0.25, 0.3) is 0 Å². The van der Waals surface area contributed by atoms with Crippen LogP contribution in [0.1, 0.15) is 24.5 Å². The molecule has 1 heterocycles. The average molecular weight is 288 g/mol. The van der Waals surface area contributed by atoms with E-state index in [1.807, 2.05) is 31.2 Å². The molecule has 112 valence electrons. The third-order valence-electron chi connectivity index (χ3n) is 3.68. The third-order valence-corrected chi connectivity index (χ3v) is 3.68. The Morgan fingerprint density at radius 1 is 1.48 bits per heavy atom. The van der Waals surface area contributed by atoms with Crippen LogP contribution in [0.2, 0.25) is 0 Å². The standard InChI is InChI=1S/C16H20N2O3/c1-3-6-11(2)17-16(21)18-10-13-8-5-4-7-12(13)9-14(18)15(19)20/h3-5,7-8,11,14H,1,6,9-10H2,2H3,(H,17,21)(H,19,20). The summed E-state index contributed by atoms with van der Waals surface area (Å²) in [6.07, 6.45) is 2.72. The summed E-state index contributed by atoms with van der Waals surface area (Å²) in [7, 11) is 0. The molecule has 1 aromatic carbocycles. The van der Waals surface area contributed by atoms with E-state index in [4.69, 9.17) is 0 Å². The maximum absolute atomic E-state index is 12.3. The SMILES string of the molecule is C=CCC(C)NC(=O)N1Cc2ccccc2CC1C(=O)O. The second kappa shape index (κ2) is 6.43. The number of carboxylic acids is 1. The van der Waals surface area contributed by atoms with Crippen LogP contribution in [0.25, 0.3) is 0 Å². The quantitative estimate of drug-likeness (QED) is 0.834. The molecule has 0 aromatic heterocycles. The number of nitrogens with one attached hydrogen (secondary N) is 1. The number of rotatable bonds is 4. The van der Waals surface area contributed by atoms with E-state index in [2.05, 4.69) is 11.9 Å². The molecule has 0 saturated carbocycles. The lowest BCUT2D eigenvalue weighted by Gasteiger charge is -2.35. The van der Waals surface area contributed by atoms with Gasteiger partial charge in [-0.05, 0) is 24.5 Å². The van der Waals surface area contributed by atoms with E-state index in [-0.39, 0.29) is 12.1 Å². The topological polar surface area (TPSA) is 69.6 Å². The van der Waals surface area contributed by atoms with Crippen LogP contribution < -0.4 is 5.32 Å². The minimum absolute atomic E-state index is 0.0679. The number of urea groups is 1. The van der Waals surface area contributed by atoms with Gasteiger partial charge in [0.1, 0.15) is 6.04 Å². The highest BCUT2D eigenvalue weighted by atomic mass is 16.4. The Morgan fingerprint density at radius 3 is 2.76 bits per heavy atom. The Bertz CT molecular complexity index is 556. The highest BCUT2D eigenvalue weighted by Crippen LogP contribution is 2.23. The third kappa shape index (κ3) is 3.42. The van der Waals surface area contributed by atoms with E-state index >= 15 is 0 Å². The molecule has 0 fully saturated rings. The molecule has 1 aliphatic rings. The molecule has 1 aromatic rings. The molecule has 2 amide bonds. The van der Waals surface area contributed by atoms with Gasteiger partial charge in [0, 0.05) is 19.0 Å². The molecule has 0 radical (unpaired) electrons. The summed E-state index contributed by atoms with van der Waals surface area (Å²) in [4.78, 5) is 25.2. The van der Waals surface area contributed by atoms with Crippen LogP contribution in [0.4, 0.5) is 4.79 Å². The predicted molar refractivity (Wildman–Crippen MR) is 79.9 cm³/mol. The van der Waals surface area contributed by atoms with Crippen LogP contribution in [0.3, 0.4) is 0 Å². The number of hydrogen-bond acceptors (Lipinski definition) is 2. The monoisotopic (exact) mass is 288 g/mol. The fourth-order valence-electron chi connectivity index (χ4n) is 2.56. The van der Waals surface area contributed by atoms with Crippen LogP contribution in [-0.4, -0.2) is 34.1 Å². The van der Waals surface area contributed by atoms with Gasteiger partial charge >= 0.3 is 12.0 Å². The molecule has 21 heavy (non-hydrogen) atoms. The van der Waals surface area contributed by atoms with E-state index in [1.54, 1.807) is 6.08 Å². The largest absolute Gasteiger partial charge is 0.480 e. The molecule has 5 heteroatoms. The van der Waals surface area contributed by atoms with E-state index in [0.717, 1.165) is 11.1 Å². The molecule has 1 aliphatic heterocycles. The highest BCUT2D eigenvalue weighted by molar-refractivity contribution is 5.83. The Morgan fingerprint density at radius 2 is 2.14 bits per heavy atom. The maximum atomic E-state index is 12.3. The van der Waals surface area contributed by atoms with Crippen molar-refractivity contribution in [3.63, 3.8) is 0 Å². The van der Waals surface area contributed by atoms with Crippen LogP contribution >= 0.6 is 0 Å². The molecule has 2 atom stereocenters. The van der Waals surface area contributed by atoms with Gasteiger partial charge in [-0.15, -0.1) is 6.58 Å². The zero-order valence-corrected chi connectivity index (χ0v) is 12.1. The van der Waals surface area contributed by atoms with Crippen molar-refractivity contribution in [1.82, 2.24) is 10.2 Å². The lowest BCUT2D eigenvalue weighted by atomic mass is 9.94. The predicted octanol–water partition coefficient (Wildman–Crippen LogP) is 2.17. The summed E-state index contributed by atoms with van der Waals surface area (Å²) in [5.74, 6) is -0.976. The first-order chi connectivity index (χ1) is 10.0. The zero-order valence-electron chi connectivity index (χ0n) is 12.1. The number of carboxylic acid groups (broad SMARTS) is 1. The van der Waals surface area contributed by atoms with Crippen molar-refractivity contribution in [3.05, 3.63) is 48.0 Å². The fraction of sp³-hybridized carbons (Fsp3) is 0.375. The van der Waals surface area contributed by atoms with Crippen molar-refractivity contribution >= 4 is 12.0 Å². The van der Waals surface area contributed by atoms with Gasteiger partial charge in [-0.1, -0.05) is 30.3 Å². The number of carbonyl (C=O) groups is 2. The number of aliphatic carboxylic acids is 1. The van der Waals surface area contributed by atoms with E-state index in [1.165, 1.54) is 4.90 Å². The molecule has 2 unspecified atom stereocenters. The summed E-state index contributed by atoms with van der Waals surface area (Å²) in [6, 6.07) is 6.40. The maximum Gasteiger partial charge on any atom is 0.326 e. The van der Waals surface area contributed by atoms with Crippen molar-refractivity contribution < 1.29 is 14.7 Å². The number of hydrogen-bond donors (Lipinski definition) is 2. The van der Waals surface area contributed by atoms with E-state index < -0.39 is 12.0 Å². The van der Waals surface area contributed by atoms with Crippen molar-refractivity contribution in [2.45, 2.75) is 38.4 Å². The number of nitrogens with zero attached hydrogens (tertiary/aromatic N) is 1. The summed E-state index contributed by atoms with van der Waals surface area (Å²) in [5, 5.41) is 12.2. The smallest absolute Gasteiger partial charge is 0.326 e. The zero-order chi connectivity index (χ0) is 15.4. The molecule has 0 spiro atoms. The van der Waals surface area contributed by atoms with Gasteiger partial charge < -0.3 is 15.3 Å². The van der Waals surface area contributed by atoms with Crippen LogP contribution in [0, 0.1) is 0 Å². The summed E-state index contributed by atoms with van der Waals surface area (Å²) in [6.45, 7) is 5.82. The molecule has 5 nitrogen and oxygen atoms in total. The van der Waals surface area contributed by atoms with Crippen LogP contribution in [0.5, 0.6) is 0 Å². The highest BCUT2D eigenvalue weighted by Gasteiger charge is 2.34. The van der Waals surface area contributed by atoms with E-state index in [9.17, 15) is 14.7 Å². The molecule has 0 aliphatic carbocycles. The first-order valence-electron chi connectivity index (χ1n) is 7.00. The molecule has 0 saturated heterocycles. The van der Waals surface area contributed by atoms with Crippen LogP contribution in [-0.2, 0) is 17.8 Å². The normalized spacial score (nSPS) is 18.5. The first kappa shape index (κ1) is 15.1. The Labute approximate surface area is 124 Å². The van der Waals surface area contributed by atoms with Crippen molar-refractivity contribution in [2.75, 3.05) is 0 Å². The minimum Gasteiger partial charge on any atom is -0.480 e. The van der Waals surface area contributed by atoms with Gasteiger partial charge in [0.2, 0.25) is 0 Å². The van der Waals surface area contributed by atoms with Gasteiger partial charge in [0.05, 0.1) is 0 Å². The minimum atomic E-state index is -0.976. The summed E-state index contributed by atoms with van der Waals surface area (Å²) in [5.41, 5.74) is 2.00. The Hall–Kier alpha value is -2.30. The van der Waals surface area contributed by atoms with Crippen molar-refractivity contribution in [1.29, 1.82) is 0 Å². The van der Waals surface area contributed by atoms with Gasteiger partial charge in [-0.2, -0.15) is 0 Å². The Kier molecular flexibility index (Phi) is 4.62. The lowest BCUT2D eigenvalue weighted by Crippen LogP contribution is -2.53. The second-order valence-corrected chi connectivity index (χ2v) is 5.33. The first-order valence-corrected chi connectivity index (χ1v) is 7.00. The second-order valence-electron chi connectivity index (χ2n) is 5.33. The summed E-state index contributed by atoms with van der Waals surface area (Å²) >= 11 is 0. The number of benzene rings is 1. The van der Waals surface area contributed by atoms with Gasteiger partial charge in [-0.25, -0.2) is 9.59 Å². The van der Waals surface area contributed by atoms with Crippen LogP contribution in [0.15, 0.2) is 36.9 Å². The van der Waals surface area contributed by atoms with E-state index in [0.29, 0.717) is 19.4 Å². The average Bonchev–Trinajstić information content (AvgIpc) is 2.45. The lowest BCUT2D eigenvalue weighted by molar-refractivity contribution is -0.142. The number of amides is 2. The molecular weight excluding hydrogens is 268 g/mol. The molecular formula is C16H20N2O3. The van der Waals surface area contributed by atoms with Gasteiger partial charge in [-0.3, -0.25) is 0 Å². The molecule has 2 rings (SSSR count). The summed E-state index contributed by atoms with van der Waals surface area (Å²) < 4.78 is 0. The van der Waals surface area contributed by atoms with Gasteiger partial charge in [0.15, 0.2) is 0 Å². The molecule has 0 bridgehead atoms. The Balaban J connectivity index is 2.18. The van der Waals surface area contributed by atoms with Crippen molar-refractivity contribution in [2.24, 2.45) is 0 Å².